The van der Waals surface area contributed by atoms with Crippen molar-refractivity contribution >= 4 is 10.0 Å². The molecular weight excluding hydrogens is 264 g/mol. The molecule has 0 aliphatic heterocycles. The predicted octanol–water partition coefficient (Wildman–Crippen LogP) is 1.19. The molecule has 1 aromatic carbocycles. The van der Waals surface area contributed by atoms with E-state index in [2.05, 4.69) is 0 Å². The zero-order valence-electron chi connectivity index (χ0n) is 11.7. The fourth-order valence-electron chi connectivity index (χ4n) is 1.83. The van der Waals surface area contributed by atoms with Crippen LogP contribution in [0, 0.1) is 0 Å². The highest BCUT2D eigenvalue weighted by Crippen LogP contribution is 2.16. The Labute approximate surface area is 115 Å². The first-order valence-corrected chi connectivity index (χ1v) is 7.74. The van der Waals surface area contributed by atoms with Gasteiger partial charge in [0.05, 0.1) is 12.4 Å². The summed E-state index contributed by atoms with van der Waals surface area (Å²) in [6.07, 6.45) is 0.520. The first-order valence-electron chi connectivity index (χ1n) is 6.23. The van der Waals surface area contributed by atoms with Crippen LogP contribution in [-0.4, -0.2) is 38.7 Å². The van der Waals surface area contributed by atoms with Crippen molar-refractivity contribution in [1.29, 1.82) is 0 Å². The summed E-state index contributed by atoms with van der Waals surface area (Å²) in [5.74, 6) is 0.752. The fraction of sp³-hybridized carbons (Fsp3) is 0.538. The smallest absolute Gasteiger partial charge is 0.218 e. The van der Waals surface area contributed by atoms with Crippen LogP contribution in [0.2, 0.25) is 0 Å². The van der Waals surface area contributed by atoms with Crippen LogP contribution in [0.1, 0.15) is 18.9 Å². The van der Waals surface area contributed by atoms with Crippen molar-refractivity contribution in [3.8, 4) is 5.75 Å². The second-order valence-corrected chi connectivity index (χ2v) is 6.73. The molecule has 108 valence electrons. The number of nitrogens with two attached hydrogens (primary N) is 1. The highest BCUT2D eigenvalue weighted by molar-refractivity contribution is 7.89. The van der Waals surface area contributed by atoms with Gasteiger partial charge in [-0.1, -0.05) is 19.1 Å². The highest BCUT2D eigenvalue weighted by atomic mass is 32.2. The minimum atomic E-state index is -3.34. The van der Waals surface area contributed by atoms with E-state index in [0.29, 0.717) is 13.0 Å². The van der Waals surface area contributed by atoms with E-state index >= 15 is 0 Å². The van der Waals surface area contributed by atoms with E-state index in [9.17, 15) is 8.42 Å². The summed E-state index contributed by atoms with van der Waals surface area (Å²) in [4.78, 5) is 0. The molecule has 2 N–H and O–H groups in total. The van der Waals surface area contributed by atoms with Crippen molar-refractivity contribution in [3.05, 3.63) is 29.8 Å². The second-order valence-electron chi connectivity index (χ2n) is 4.42. The Balaban J connectivity index is 2.80. The van der Waals surface area contributed by atoms with Gasteiger partial charge in [0.2, 0.25) is 10.0 Å². The molecule has 0 radical (unpaired) electrons. The van der Waals surface area contributed by atoms with Crippen molar-refractivity contribution in [2.45, 2.75) is 25.1 Å². The molecule has 0 aromatic heterocycles. The van der Waals surface area contributed by atoms with E-state index in [4.69, 9.17) is 10.5 Å². The Bertz CT molecular complexity index is 481. The van der Waals surface area contributed by atoms with E-state index in [1.807, 2.05) is 31.2 Å². The van der Waals surface area contributed by atoms with Gasteiger partial charge >= 0.3 is 0 Å². The number of nitrogens with zero attached hydrogens (tertiary/aromatic N) is 1. The van der Waals surface area contributed by atoms with Gasteiger partial charge in [-0.15, -0.1) is 0 Å². The van der Waals surface area contributed by atoms with Crippen LogP contribution in [0.3, 0.4) is 0 Å². The molecular formula is C13H22N2O3S. The van der Waals surface area contributed by atoms with E-state index < -0.39 is 15.3 Å². The molecule has 6 heteroatoms. The first kappa shape index (κ1) is 15.9. The minimum Gasteiger partial charge on any atom is -0.497 e. The standard InChI is InChI=1S/C13H22N2O3S/c1-4-13(9-14)19(16,17)15(2)10-11-5-7-12(18-3)8-6-11/h5-8,13H,4,9-10,14H2,1-3H3. The number of benzene rings is 1. The molecule has 0 saturated carbocycles. The summed E-state index contributed by atoms with van der Waals surface area (Å²) >= 11 is 0. The van der Waals surface area contributed by atoms with Crippen LogP contribution < -0.4 is 10.5 Å². The zero-order chi connectivity index (χ0) is 14.5. The topological polar surface area (TPSA) is 72.6 Å². The van der Waals surface area contributed by atoms with Crippen molar-refractivity contribution < 1.29 is 13.2 Å². The molecule has 1 unspecified atom stereocenters. The lowest BCUT2D eigenvalue weighted by Crippen LogP contribution is -2.39. The molecule has 0 amide bonds. The number of methoxy groups -OCH3 is 1. The minimum absolute atomic E-state index is 0.145. The Kier molecular flexibility index (Phi) is 5.78. The normalized spacial score (nSPS) is 13.5. The van der Waals surface area contributed by atoms with Gasteiger partial charge in [-0.3, -0.25) is 0 Å². The average molecular weight is 286 g/mol. The van der Waals surface area contributed by atoms with Gasteiger partial charge < -0.3 is 10.5 Å². The summed E-state index contributed by atoms with van der Waals surface area (Å²) in [5.41, 5.74) is 6.43. The third kappa shape index (κ3) is 3.92. The van der Waals surface area contributed by atoms with Gasteiger partial charge in [0.25, 0.3) is 0 Å². The van der Waals surface area contributed by atoms with Crippen molar-refractivity contribution in [2.24, 2.45) is 5.73 Å². The number of hydrogen-bond acceptors (Lipinski definition) is 4. The third-order valence-electron chi connectivity index (χ3n) is 3.14. The van der Waals surface area contributed by atoms with Crippen LogP contribution in [-0.2, 0) is 16.6 Å². The van der Waals surface area contributed by atoms with Crippen LogP contribution in [0.25, 0.3) is 0 Å². The van der Waals surface area contributed by atoms with Crippen molar-refractivity contribution in [3.63, 3.8) is 0 Å². The van der Waals surface area contributed by atoms with Gasteiger partial charge in [0.1, 0.15) is 5.75 Å². The summed E-state index contributed by atoms with van der Waals surface area (Å²) in [5, 5.41) is -0.518. The van der Waals surface area contributed by atoms with E-state index in [1.165, 1.54) is 4.31 Å². The predicted molar refractivity (Wildman–Crippen MR) is 76.5 cm³/mol. The maximum absolute atomic E-state index is 12.2. The zero-order valence-corrected chi connectivity index (χ0v) is 12.5. The number of rotatable bonds is 7. The Morgan fingerprint density at radius 2 is 1.89 bits per heavy atom. The molecule has 0 bridgehead atoms. The molecule has 1 atom stereocenters. The Hall–Kier alpha value is -1.11. The molecule has 5 nitrogen and oxygen atoms in total. The van der Waals surface area contributed by atoms with Crippen LogP contribution >= 0.6 is 0 Å². The van der Waals surface area contributed by atoms with Crippen LogP contribution in [0.5, 0.6) is 5.75 Å². The Morgan fingerprint density at radius 1 is 1.32 bits per heavy atom. The number of sulfonamides is 1. The monoisotopic (exact) mass is 286 g/mol. The molecule has 0 aliphatic rings. The molecule has 0 heterocycles. The Morgan fingerprint density at radius 3 is 2.32 bits per heavy atom. The average Bonchev–Trinajstić information content (AvgIpc) is 2.40. The first-order chi connectivity index (χ1) is 8.95. The summed E-state index contributed by atoms with van der Waals surface area (Å²) in [6, 6.07) is 7.34. The molecule has 0 spiro atoms. The SMILES string of the molecule is CCC(CN)S(=O)(=O)N(C)Cc1ccc(OC)cc1. The summed E-state index contributed by atoms with van der Waals surface area (Å²) in [6.45, 7) is 2.31. The van der Waals surface area contributed by atoms with Crippen molar-refractivity contribution in [1.82, 2.24) is 4.31 Å². The van der Waals surface area contributed by atoms with Crippen LogP contribution in [0.15, 0.2) is 24.3 Å². The number of ether oxygens (including phenoxy) is 1. The lowest BCUT2D eigenvalue weighted by atomic mass is 10.2. The third-order valence-corrected chi connectivity index (χ3v) is 5.50. The second kappa shape index (κ2) is 6.88. The van der Waals surface area contributed by atoms with Crippen molar-refractivity contribution in [2.75, 3.05) is 20.7 Å². The lowest BCUT2D eigenvalue weighted by molar-refractivity contribution is 0.414. The van der Waals surface area contributed by atoms with Gasteiger partial charge in [-0.05, 0) is 24.1 Å². The molecule has 19 heavy (non-hydrogen) atoms. The largest absolute Gasteiger partial charge is 0.497 e. The van der Waals surface area contributed by atoms with Gasteiger partial charge in [-0.2, -0.15) is 0 Å². The molecule has 0 fully saturated rings. The van der Waals surface area contributed by atoms with Gasteiger partial charge in [0, 0.05) is 20.1 Å². The number of hydrogen-bond donors (Lipinski definition) is 1. The quantitative estimate of drug-likeness (QED) is 0.817. The van der Waals surface area contributed by atoms with E-state index in [0.717, 1.165) is 11.3 Å². The van der Waals surface area contributed by atoms with Crippen LogP contribution in [0.4, 0.5) is 0 Å². The van der Waals surface area contributed by atoms with Gasteiger partial charge in [-0.25, -0.2) is 12.7 Å². The summed E-state index contributed by atoms with van der Waals surface area (Å²) < 4.78 is 30.9. The fourth-order valence-corrected chi connectivity index (χ4v) is 3.33. The van der Waals surface area contributed by atoms with Gasteiger partial charge in [0.15, 0.2) is 0 Å². The van der Waals surface area contributed by atoms with E-state index in [1.54, 1.807) is 14.2 Å². The summed E-state index contributed by atoms with van der Waals surface area (Å²) in [7, 11) is -0.161. The lowest BCUT2D eigenvalue weighted by Gasteiger charge is -2.22. The maximum Gasteiger partial charge on any atom is 0.218 e. The molecule has 1 rings (SSSR count). The molecule has 0 saturated heterocycles. The van der Waals surface area contributed by atoms with E-state index in [-0.39, 0.29) is 6.54 Å². The highest BCUT2D eigenvalue weighted by Gasteiger charge is 2.27. The molecule has 0 aliphatic carbocycles. The molecule has 1 aromatic rings. The maximum atomic E-state index is 12.2.